The van der Waals surface area contributed by atoms with Crippen molar-refractivity contribution >= 4 is 10.0 Å². The highest BCUT2D eigenvalue weighted by Crippen LogP contribution is 2.29. The lowest BCUT2D eigenvalue weighted by molar-refractivity contribution is -0.137. The third-order valence-electron chi connectivity index (χ3n) is 5.65. The maximum Gasteiger partial charge on any atom is 0.416 e. The number of nitrogens with zero attached hydrogens (tertiary/aromatic N) is 3. The molecule has 182 valence electrons. The molecule has 6 nitrogen and oxygen atoms in total. The van der Waals surface area contributed by atoms with Crippen LogP contribution in [0.15, 0.2) is 53.4 Å². The van der Waals surface area contributed by atoms with Gasteiger partial charge in [0.15, 0.2) is 0 Å². The van der Waals surface area contributed by atoms with Crippen molar-refractivity contribution in [2.75, 3.05) is 53.4 Å². The molecule has 0 atom stereocenters. The van der Waals surface area contributed by atoms with E-state index in [1.165, 1.54) is 30.5 Å². The molecule has 10 heteroatoms. The predicted octanol–water partition coefficient (Wildman–Crippen LogP) is 3.54. The zero-order valence-corrected chi connectivity index (χ0v) is 19.7. The van der Waals surface area contributed by atoms with Crippen LogP contribution in [0.1, 0.15) is 17.5 Å². The van der Waals surface area contributed by atoms with Crippen molar-refractivity contribution in [1.29, 1.82) is 0 Å². The van der Waals surface area contributed by atoms with Crippen LogP contribution in [-0.2, 0) is 22.7 Å². The second kappa shape index (κ2) is 10.9. The molecule has 1 fully saturated rings. The highest BCUT2D eigenvalue weighted by Gasteiger charge is 2.30. The lowest BCUT2D eigenvalue weighted by Crippen LogP contribution is -2.33. The van der Waals surface area contributed by atoms with Crippen LogP contribution in [0.2, 0.25) is 0 Å². The van der Waals surface area contributed by atoms with Gasteiger partial charge in [0.25, 0.3) is 0 Å². The smallest absolute Gasteiger partial charge is 0.416 e. The Morgan fingerprint density at radius 3 is 2.12 bits per heavy atom. The van der Waals surface area contributed by atoms with Crippen molar-refractivity contribution in [1.82, 2.24) is 14.1 Å². The van der Waals surface area contributed by atoms with Crippen LogP contribution in [0.25, 0.3) is 0 Å². The van der Waals surface area contributed by atoms with E-state index in [9.17, 15) is 21.6 Å². The molecule has 0 amide bonds. The maximum atomic E-state index is 12.7. The van der Waals surface area contributed by atoms with Crippen LogP contribution in [0.5, 0.6) is 5.75 Å². The quantitative estimate of drug-likeness (QED) is 0.573. The fourth-order valence-electron chi connectivity index (χ4n) is 3.67. The molecule has 0 bridgehead atoms. The summed E-state index contributed by atoms with van der Waals surface area (Å²) in [7, 11) is -0.474. The van der Waals surface area contributed by atoms with Crippen LogP contribution >= 0.6 is 0 Å². The van der Waals surface area contributed by atoms with Crippen molar-refractivity contribution in [3.05, 3.63) is 59.7 Å². The summed E-state index contributed by atoms with van der Waals surface area (Å²) < 4.78 is 69.4. The molecule has 0 aromatic heterocycles. The van der Waals surface area contributed by atoms with Gasteiger partial charge in [-0.1, -0.05) is 12.1 Å². The van der Waals surface area contributed by atoms with E-state index in [-0.39, 0.29) is 4.90 Å². The van der Waals surface area contributed by atoms with E-state index in [2.05, 4.69) is 9.80 Å². The fraction of sp³-hybridized carbons (Fsp3) is 0.478. The maximum absolute atomic E-state index is 12.7. The van der Waals surface area contributed by atoms with Crippen molar-refractivity contribution in [2.24, 2.45) is 0 Å². The first-order valence-corrected chi connectivity index (χ1v) is 12.3. The van der Waals surface area contributed by atoms with E-state index in [0.717, 1.165) is 56.8 Å². The highest BCUT2D eigenvalue weighted by molar-refractivity contribution is 7.89. The number of sulfonamides is 1. The Hall–Kier alpha value is -2.14. The van der Waals surface area contributed by atoms with Crippen LogP contribution in [0.3, 0.4) is 0 Å². The first-order chi connectivity index (χ1) is 15.6. The first kappa shape index (κ1) is 25.5. The Morgan fingerprint density at radius 1 is 0.909 bits per heavy atom. The summed E-state index contributed by atoms with van der Waals surface area (Å²) in [5.41, 5.74) is 0.252. The summed E-state index contributed by atoms with van der Waals surface area (Å²) in [6.07, 6.45) is -3.34. The summed E-state index contributed by atoms with van der Waals surface area (Å²) in [6, 6.07) is 11.8. The highest BCUT2D eigenvalue weighted by atomic mass is 32.2. The molecule has 0 radical (unpaired) electrons. The molecule has 33 heavy (non-hydrogen) atoms. The molecule has 1 heterocycles. The molecule has 2 aromatic carbocycles. The van der Waals surface area contributed by atoms with E-state index in [1.807, 2.05) is 0 Å². The number of rotatable bonds is 8. The second-order valence-electron chi connectivity index (χ2n) is 8.27. The molecule has 0 unspecified atom stereocenters. The Bertz CT molecular complexity index is 994. The molecule has 3 rings (SSSR count). The predicted molar refractivity (Wildman–Crippen MR) is 121 cm³/mol. The van der Waals surface area contributed by atoms with Gasteiger partial charge in [-0.2, -0.15) is 13.2 Å². The summed E-state index contributed by atoms with van der Waals surface area (Å²) in [5.74, 6) is 0.617. The topological polar surface area (TPSA) is 53.1 Å². The van der Waals surface area contributed by atoms with Gasteiger partial charge < -0.3 is 4.74 Å². The van der Waals surface area contributed by atoms with Gasteiger partial charge in [0.1, 0.15) is 12.4 Å². The number of hydrogen-bond acceptors (Lipinski definition) is 5. The second-order valence-corrected chi connectivity index (χ2v) is 10.4. The van der Waals surface area contributed by atoms with Crippen LogP contribution in [-0.4, -0.2) is 75.9 Å². The van der Waals surface area contributed by atoms with Crippen molar-refractivity contribution in [2.45, 2.75) is 24.0 Å². The zero-order chi connectivity index (χ0) is 24.1. The molecule has 2 aromatic rings. The molecule has 1 saturated heterocycles. The molecule has 0 saturated carbocycles. The Labute approximate surface area is 193 Å². The summed E-state index contributed by atoms with van der Waals surface area (Å²) in [5, 5.41) is 0. The molecule has 0 aliphatic carbocycles. The van der Waals surface area contributed by atoms with Crippen molar-refractivity contribution < 1.29 is 26.3 Å². The van der Waals surface area contributed by atoms with E-state index < -0.39 is 21.8 Å². The van der Waals surface area contributed by atoms with E-state index in [0.29, 0.717) is 18.9 Å². The van der Waals surface area contributed by atoms with Gasteiger partial charge in [0, 0.05) is 40.3 Å². The van der Waals surface area contributed by atoms with E-state index in [1.54, 1.807) is 24.3 Å². The Kier molecular flexibility index (Phi) is 8.38. The van der Waals surface area contributed by atoms with Crippen molar-refractivity contribution in [3.8, 4) is 5.75 Å². The number of benzene rings is 2. The molecular formula is C23H30F3N3O3S. The summed E-state index contributed by atoms with van der Waals surface area (Å²) >= 11 is 0. The van der Waals surface area contributed by atoms with Gasteiger partial charge >= 0.3 is 6.18 Å². The fourth-order valence-corrected chi connectivity index (χ4v) is 4.58. The third kappa shape index (κ3) is 7.17. The van der Waals surface area contributed by atoms with E-state index in [4.69, 9.17) is 4.74 Å². The average Bonchev–Trinajstić information content (AvgIpc) is 2.99. The number of hydrogen-bond donors (Lipinski definition) is 0. The molecule has 0 spiro atoms. The van der Waals surface area contributed by atoms with Crippen molar-refractivity contribution in [3.63, 3.8) is 0 Å². The minimum Gasteiger partial charge on any atom is -0.492 e. The van der Waals surface area contributed by atoms with E-state index >= 15 is 0 Å². The van der Waals surface area contributed by atoms with Gasteiger partial charge in [-0.15, -0.1) is 0 Å². The Balaban J connectivity index is 1.43. The third-order valence-corrected chi connectivity index (χ3v) is 7.48. The standard InChI is InChI=1S/C23H30F3N3O3S/c1-27(2)33(30,31)22-10-8-21(9-11-22)32-17-16-28-12-3-13-29(15-14-28)18-19-4-6-20(7-5-19)23(24,25)26/h4-11H,3,12-18H2,1-2H3. The largest absolute Gasteiger partial charge is 0.492 e. The van der Waals surface area contributed by atoms with Gasteiger partial charge in [-0.3, -0.25) is 9.80 Å². The van der Waals surface area contributed by atoms with Gasteiger partial charge in [0.2, 0.25) is 10.0 Å². The average molecular weight is 486 g/mol. The zero-order valence-electron chi connectivity index (χ0n) is 18.9. The summed E-state index contributed by atoms with van der Waals surface area (Å²) in [6.45, 7) is 5.35. The first-order valence-electron chi connectivity index (χ1n) is 10.8. The van der Waals surface area contributed by atoms with Crippen LogP contribution < -0.4 is 4.74 Å². The molecule has 1 aliphatic rings. The minimum atomic E-state index is -4.31. The SMILES string of the molecule is CN(C)S(=O)(=O)c1ccc(OCCN2CCCN(Cc3ccc(C(F)(F)F)cc3)CC2)cc1. The van der Waals surface area contributed by atoms with Crippen LogP contribution in [0, 0.1) is 0 Å². The lowest BCUT2D eigenvalue weighted by Gasteiger charge is -2.22. The minimum absolute atomic E-state index is 0.223. The lowest BCUT2D eigenvalue weighted by atomic mass is 10.1. The monoisotopic (exact) mass is 485 g/mol. The molecular weight excluding hydrogens is 455 g/mol. The number of halogens is 3. The van der Waals surface area contributed by atoms with Gasteiger partial charge in [-0.05, 0) is 61.5 Å². The van der Waals surface area contributed by atoms with Gasteiger partial charge in [0.05, 0.1) is 10.5 Å². The van der Waals surface area contributed by atoms with Gasteiger partial charge in [-0.25, -0.2) is 12.7 Å². The Morgan fingerprint density at radius 2 is 1.52 bits per heavy atom. The summed E-state index contributed by atoms with van der Waals surface area (Å²) in [4.78, 5) is 4.78. The molecule has 1 aliphatic heterocycles. The molecule has 0 N–H and O–H groups in total. The normalized spacial score (nSPS) is 16.7. The number of alkyl halides is 3. The van der Waals surface area contributed by atoms with Crippen LogP contribution in [0.4, 0.5) is 13.2 Å². The number of ether oxygens (including phenoxy) is 1.